The molecule has 108 valence electrons. The molecule has 20 heavy (non-hydrogen) atoms. The van der Waals surface area contributed by atoms with Crippen molar-refractivity contribution in [2.45, 2.75) is 39.2 Å². The van der Waals surface area contributed by atoms with Gasteiger partial charge in [0.1, 0.15) is 11.9 Å². The van der Waals surface area contributed by atoms with Gasteiger partial charge < -0.3 is 5.11 Å². The first-order valence-corrected chi connectivity index (χ1v) is 6.67. The van der Waals surface area contributed by atoms with Gasteiger partial charge in [-0.25, -0.2) is 4.39 Å². The Kier molecular flexibility index (Phi) is 3.69. The molecule has 0 amide bonds. The monoisotopic (exact) mass is 276 g/mol. The fourth-order valence-electron chi connectivity index (χ4n) is 2.39. The Hall–Kier alpha value is -1.68. The van der Waals surface area contributed by atoms with Crippen molar-refractivity contribution in [3.05, 3.63) is 52.6 Å². The van der Waals surface area contributed by atoms with Gasteiger partial charge in [0.05, 0.1) is 5.69 Å². The second-order valence-electron chi connectivity index (χ2n) is 6.32. The third-order valence-electron chi connectivity index (χ3n) is 3.24. The molecule has 0 saturated carbocycles. The van der Waals surface area contributed by atoms with Gasteiger partial charge in [-0.05, 0) is 30.2 Å². The maximum absolute atomic E-state index is 13.5. The van der Waals surface area contributed by atoms with Crippen LogP contribution < -0.4 is 0 Å². The lowest BCUT2D eigenvalue weighted by atomic mass is 9.86. The molecule has 1 N–H and O–H groups in total. The van der Waals surface area contributed by atoms with E-state index in [0.29, 0.717) is 5.56 Å². The van der Waals surface area contributed by atoms with Crippen LogP contribution in [0.4, 0.5) is 4.39 Å². The predicted octanol–water partition coefficient (Wildman–Crippen LogP) is 3.25. The van der Waals surface area contributed by atoms with E-state index in [4.69, 9.17) is 0 Å². The van der Waals surface area contributed by atoms with Gasteiger partial charge in [-0.2, -0.15) is 5.10 Å². The molecule has 1 aromatic heterocycles. The third kappa shape index (κ3) is 2.90. The summed E-state index contributed by atoms with van der Waals surface area (Å²) in [6.45, 7) is 7.94. The predicted molar refractivity (Wildman–Crippen MR) is 77.1 cm³/mol. The van der Waals surface area contributed by atoms with Crippen LogP contribution in [0.2, 0.25) is 0 Å². The Morgan fingerprint density at radius 3 is 2.45 bits per heavy atom. The van der Waals surface area contributed by atoms with E-state index in [1.54, 1.807) is 16.9 Å². The Labute approximate surface area is 119 Å². The van der Waals surface area contributed by atoms with Crippen LogP contribution in [-0.4, -0.2) is 14.9 Å². The molecule has 0 aliphatic carbocycles. The highest BCUT2D eigenvalue weighted by molar-refractivity contribution is 5.36. The molecule has 0 bridgehead atoms. The van der Waals surface area contributed by atoms with Crippen molar-refractivity contribution >= 4 is 0 Å². The van der Waals surface area contributed by atoms with Gasteiger partial charge in [-0.15, -0.1) is 0 Å². The van der Waals surface area contributed by atoms with E-state index in [1.807, 2.05) is 34.7 Å². The van der Waals surface area contributed by atoms with Crippen molar-refractivity contribution in [1.82, 2.24) is 9.78 Å². The van der Waals surface area contributed by atoms with Gasteiger partial charge in [0.2, 0.25) is 0 Å². The molecule has 0 aliphatic heterocycles. The van der Waals surface area contributed by atoms with Crippen molar-refractivity contribution < 1.29 is 9.50 Å². The van der Waals surface area contributed by atoms with E-state index in [-0.39, 0.29) is 11.2 Å². The number of aryl methyl sites for hydroxylation is 2. The van der Waals surface area contributed by atoms with E-state index >= 15 is 0 Å². The molecule has 4 heteroatoms. The Bertz CT molecular complexity index is 606. The van der Waals surface area contributed by atoms with Crippen molar-refractivity contribution in [2.75, 3.05) is 0 Å². The number of hydrogen-bond acceptors (Lipinski definition) is 2. The molecule has 0 fully saturated rings. The highest BCUT2D eigenvalue weighted by Crippen LogP contribution is 2.32. The second kappa shape index (κ2) is 5.02. The summed E-state index contributed by atoms with van der Waals surface area (Å²) in [7, 11) is 1.82. The minimum absolute atomic E-state index is 0.181. The topological polar surface area (TPSA) is 38.0 Å². The van der Waals surface area contributed by atoms with Crippen LogP contribution in [0.3, 0.4) is 0 Å². The highest BCUT2D eigenvalue weighted by atomic mass is 19.1. The van der Waals surface area contributed by atoms with Gasteiger partial charge in [0.25, 0.3) is 0 Å². The molecular weight excluding hydrogens is 255 g/mol. The zero-order valence-corrected chi connectivity index (χ0v) is 12.6. The maximum atomic E-state index is 13.5. The molecule has 2 rings (SSSR count). The van der Waals surface area contributed by atoms with E-state index in [1.165, 1.54) is 12.1 Å². The summed E-state index contributed by atoms with van der Waals surface area (Å²) in [5.41, 5.74) is 2.72. The van der Waals surface area contributed by atoms with Gasteiger partial charge in [0, 0.05) is 24.2 Å². The number of aliphatic hydroxyl groups is 1. The molecule has 1 unspecified atom stereocenters. The molecule has 0 radical (unpaired) electrons. The molecule has 0 aliphatic rings. The Morgan fingerprint density at radius 1 is 1.25 bits per heavy atom. The SMILES string of the molecule is Cc1cc(F)cc(C(O)c2cn(C)nc2C(C)(C)C)c1. The van der Waals surface area contributed by atoms with Crippen LogP contribution in [0.25, 0.3) is 0 Å². The maximum Gasteiger partial charge on any atom is 0.123 e. The van der Waals surface area contributed by atoms with E-state index < -0.39 is 6.10 Å². The summed E-state index contributed by atoms with van der Waals surface area (Å²) in [5, 5.41) is 15.0. The number of rotatable bonds is 2. The molecular formula is C16H21FN2O. The molecule has 3 nitrogen and oxygen atoms in total. The lowest BCUT2D eigenvalue weighted by molar-refractivity contribution is 0.217. The smallest absolute Gasteiger partial charge is 0.123 e. The van der Waals surface area contributed by atoms with Crippen LogP contribution in [0.15, 0.2) is 24.4 Å². The molecule has 1 atom stereocenters. The molecule has 0 saturated heterocycles. The lowest BCUT2D eigenvalue weighted by Crippen LogP contribution is -2.16. The average Bonchev–Trinajstić information content (AvgIpc) is 2.69. The third-order valence-corrected chi connectivity index (χ3v) is 3.24. The highest BCUT2D eigenvalue weighted by Gasteiger charge is 2.26. The van der Waals surface area contributed by atoms with E-state index in [9.17, 15) is 9.50 Å². The van der Waals surface area contributed by atoms with Crippen molar-refractivity contribution in [3.8, 4) is 0 Å². The first kappa shape index (κ1) is 14.7. The summed E-state index contributed by atoms with van der Waals surface area (Å²) < 4.78 is 15.2. The summed E-state index contributed by atoms with van der Waals surface area (Å²) in [6.07, 6.45) is 0.929. The van der Waals surface area contributed by atoms with Crippen LogP contribution in [0.1, 0.15) is 49.3 Å². The summed E-state index contributed by atoms with van der Waals surface area (Å²) >= 11 is 0. The average molecular weight is 276 g/mol. The van der Waals surface area contributed by atoms with Crippen molar-refractivity contribution in [1.29, 1.82) is 0 Å². The fraction of sp³-hybridized carbons (Fsp3) is 0.438. The van der Waals surface area contributed by atoms with Crippen LogP contribution in [0.5, 0.6) is 0 Å². The standard InChI is InChI=1S/C16H21FN2O/c1-10-6-11(8-12(17)7-10)14(20)13-9-19(5)18-15(13)16(2,3)4/h6-9,14,20H,1-5H3. The number of nitrogens with zero attached hydrogens (tertiary/aromatic N) is 2. The van der Waals surface area contributed by atoms with E-state index in [0.717, 1.165) is 16.8 Å². The summed E-state index contributed by atoms with van der Waals surface area (Å²) in [5.74, 6) is -0.333. The first-order chi connectivity index (χ1) is 9.18. The van der Waals surface area contributed by atoms with Gasteiger partial charge >= 0.3 is 0 Å². The first-order valence-electron chi connectivity index (χ1n) is 6.67. The van der Waals surface area contributed by atoms with Gasteiger partial charge in [0.15, 0.2) is 0 Å². The second-order valence-corrected chi connectivity index (χ2v) is 6.32. The quantitative estimate of drug-likeness (QED) is 0.914. The zero-order valence-electron chi connectivity index (χ0n) is 12.6. The van der Waals surface area contributed by atoms with Crippen LogP contribution >= 0.6 is 0 Å². The number of hydrogen-bond donors (Lipinski definition) is 1. The minimum Gasteiger partial charge on any atom is -0.384 e. The number of halogens is 1. The van der Waals surface area contributed by atoms with Gasteiger partial charge in [-0.1, -0.05) is 26.8 Å². The lowest BCUT2D eigenvalue weighted by Gasteiger charge is -2.20. The fourth-order valence-corrected chi connectivity index (χ4v) is 2.39. The summed E-state index contributed by atoms with van der Waals surface area (Å²) in [4.78, 5) is 0. The van der Waals surface area contributed by atoms with Gasteiger partial charge in [-0.3, -0.25) is 4.68 Å². The van der Waals surface area contributed by atoms with E-state index in [2.05, 4.69) is 5.10 Å². The largest absolute Gasteiger partial charge is 0.384 e. The summed E-state index contributed by atoms with van der Waals surface area (Å²) in [6, 6.07) is 4.62. The number of aromatic nitrogens is 2. The molecule has 1 aromatic carbocycles. The molecule has 2 aromatic rings. The Morgan fingerprint density at radius 2 is 1.90 bits per heavy atom. The molecule has 0 spiro atoms. The normalized spacial score (nSPS) is 13.6. The van der Waals surface area contributed by atoms with Crippen LogP contribution in [-0.2, 0) is 12.5 Å². The minimum atomic E-state index is -0.868. The van der Waals surface area contributed by atoms with Crippen molar-refractivity contribution in [3.63, 3.8) is 0 Å². The number of aliphatic hydroxyl groups excluding tert-OH is 1. The molecule has 1 heterocycles. The zero-order chi connectivity index (χ0) is 15.1. The van der Waals surface area contributed by atoms with Crippen LogP contribution in [0, 0.1) is 12.7 Å². The number of benzene rings is 1. The van der Waals surface area contributed by atoms with Crippen molar-refractivity contribution in [2.24, 2.45) is 7.05 Å². The Balaban J connectivity index is 2.50.